The second-order valence-electron chi connectivity index (χ2n) is 3.43. The van der Waals surface area contributed by atoms with Gasteiger partial charge in [0.1, 0.15) is 6.04 Å². The summed E-state index contributed by atoms with van der Waals surface area (Å²) in [6.45, 7) is 3.61. The van der Waals surface area contributed by atoms with Gasteiger partial charge in [-0.05, 0) is 41.9 Å². The summed E-state index contributed by atoms with van der Waals surface area (Å²) in [4.78, 5) is 23.2. The molecule has 17 heavy (non-hydrogen) atoms. The molecule has 0 bridgehead atoms. The molecule has 1 N–H and O–H groups in total. The molecular weight excluding hydrogens is 286 g/mol. The third kappa shape index (κ3) is 3.85. The SMILES string of the molecule is CCOC(=O)[C@H](C)NC(=O)c1ccccc1Br. The number of esters is 1. The molecule has 0 aliphatic heterocycles. The Hall–Kier alpha value is -1.36. The number of carbonyl (C=O) groups is 2. The van der Waals surface area contributed by atoms with E-state index in [9.17, 15) is 9.59 Å². The first-order valence-electron chi connectivity index (χ1n) is 5.28. The van der Waals surface area contributed by atoms with Gasteiger partial charge in [-0.1, -0.05) is 12.1 Å². The Morgan fingerprint density at radius 1 is 1.41 bits per heavy atom. The average molecular weight is 300 g/mol. The summed E-state index contributed by atoms with van der Waals surface area (Å²) in [6.07, 6.45) is 0. The van der Waals surface area contributed by atoms with Crippen molar-refractivity contribution in [3.05, 3.63) is 34.3 Å². The predicted molar refractivity (Wildman–Crippen MR) is 67.7 cm³/mol. The zero-order valence-electron chi connectivity index (χ0n) is 9.70. The molecule has 0 unspecified atom stereocenters. The van der Waals surface area contributed by atoms with E-state index >= 15 is 0 Å². The van der Waals surface area contributed by atoms with Gasteiger partial charge in [0.15, 0.2) is 0 Å². The van der Waals surface area contributed by atoms with E-state index in [1.807, 2.05) is 6.07 Å². The maximum absolute atomic E-state index is 11.8. The van der Waals surface area contributed by atoms with Crippen molar-refractivity contribution in [2.24, 2.45) is 0 Å². The molecule has 0 aliphatic rings. The molecule has 0 radical (unpaired) electrons. The highest BCUT2D eigenvalue weighted by Crippen LogP contribution is 2.15. The molecule has 1 rings (SSSR count). The van der Waals surface area contributed by atoms with Crippen LogP contribution in [0.1, 0.15) is 24.2 Å². The normalized spacial score (nSPS) is 11.7. The molecule has 0 aliphatic carbocycles. The Balaban J connectivity index is 2.67. The minimum atomic E-state index is -0.658. The monoisotopic (exact) mass is 299 g/mol. The zero-order chi connectivity index (χ0) is 12.8. The summed E-state index contributed by atoms with van der Waals surface area (Å²) >= 11 is 3.28. The summed E-state index contributed by atoms with van der Waals surface area (Å²) in [5, 5.41) is 2.58. The number of benzene rings is 1. The lowest BCUT2D eigenvalue weighted by Gasteiger charge is -2.13. The summed E-state index contributed by atoms with van der Waals surface area (Å²) in [5.74, 6) is -0.745. The van der Waals surface area contributed by atoms with E-state index in [2.05, 4.69) is 21.2 Å². The Morgan fingerprint density at radius 3 is 2.65 bits per heavy atom. The fourth-order valence-electron chi connectivity index (χ4n) is 1.25. The van der Waals surface area contributed by atoms with Gasteiger partial charge in [0.2, 0.25) is 0 Å². The number of carbonyl (C=O) groups excluding carboxylic acids is 2. The molecule has 1 atom stereocenters. The second kappa shape index (κ2) is 6.39. The predicted octanol–water partition coefficient (Wildman–Crippen LogP) is 2.13. The highest BCUT2D eigenvalue weighted by molar-refractivity contribution is 9.10. The van der Waals surface area contributed by atoms with E-state index in [1.165, 1.54) is 0 Å². The van der Waals surface area contributed by atoms with Gasteiger partial charge in [0.25, 0.3) is 5.91 Å². The van der Waals surface area contributed by atoms with Crippen molar-refractivity contribution in [2.45, 2.75) is 19.9 Å². The van der Waals surface area contributed by atoms with Crippen molar-refractivity contribution in [2.75, 3.05) is 6.61 Å². The molecule has 0 saturated heterocycles. The van der Waals surface area contributed by atoms with Gasteiger partial charge in [0.05, 0.1) is 12.2 Å². The van der Waals surface area contributed by atoms with Crippen LogP contribution in [-0.2, 0) is 9.53 Å². The molecule has 4 nitrogen and oxygen atoms in total. The molecule has 0 fully saturated rings. The second-order valence-corrected chi connectivity index (χ2v) is 4.28. The van der Waals surface area contributed by atoms with Crippen LogP contribution in [0.5, 0.6) is 0 Å². The third-order valence-corrected chi connectivity index (χ3v) is 2.80. The number of ether oxygens (including phenoxy) is 1. The minimum Gasteiger partial charge on any atom is -0.464 e. The van der Waals surface area contributed by atoms with E-state index in [4.69, 9.17) is 4.74 Å². The lowest BCUT2D eigenvalue weighted by molar-refractivity contribution is -0.144. The van der Waals surface area contributed by atoms with Gasteiger partial charge >= 0.3 is 5.97 Å². The summed E-state index contributed by atoms with van der Waals surface area (Å²) in [7, 11) is 0. The quantitative estimate of drug-likeness (QED) is 0.867. The van der Waals surface area contributed by atoms with Gasteiger partial charge < -0.3 is 10.1 Å². The van der Waals surface area contributed by atoms with Crippen LogP contribution in [0.3, 0.4) is 0 Å². The Kier molecular flexibility index (Phi) is 5.15. The van der Waals surface area contributed by atoms with Crippen molar-refractivity contribution in [3.8, 4) is 0 Å². The van der Waals surface area contributed by atoms with Crippen LogP contribution >= 0.6 is 15.9 Å². The maximum Gasteiger partial charge on any atom is 0.328 e. The first kappa shape index (κ1) is 13.7. The molecule has 0 heterocycles. The van der Waals surface area contributed by atoms with Crippen LogP contribution in [0.25, 0.3) is 0 Å². The smallest absolute Gasteiger partial charge is 0.328 e. The number of hydrogen-bond acceptors (Lipinski definition) is 3. The summed E-state index contributed by atoms with van der Waals surface area (Å²) < 4.78 is 5.49. The van der Waals surface area contributed by atoms with Crippen LogP contribution < -0.4 is 5.32 Å². The first-order valence-corrected chi connectivity index (χ1v) is 6.07. The molecule has 92 valence electrons. The number of rotatable bonds is 4. The molecule has 1 aromatic rings. The van der Waals surface area contributed by atoms with Crippen molar-refractivity contribution < 1.29 is 14.3 Å². The third-order valence-electron chi connectivity index (χ3n) is 2.11. The van der Waals surface area contributed by atoms with Crippen LogP contribution in [0.2, 0.25) is 0 Å². The Morgan fingerprint density at radius 2 is 2.06 bits per heavy atom. The van der Waals surface area contributed by atoms with Crippen molar-refractivity contribution >= 4 is 27.8 Å². The van der Waals surface area contributed by atoms with E-state index < -0.39 is 12.0 Å². The van der Waals surface area contributed by atoms with Gasteiger partial charge in [-0.2, -0.15) is 0 Å². The molecule has 1 amide bonds. The number of hydrogen-bond donors (Lipinski definition) is 1. The lowest BCUT2D eigenvalue weighted by Crippen LogP contribution is -2.39. The number of amides is 1. The molecule has 0 aromatic heterocycles. The highest BCUT2D eigenvalue weighted by Gasteiger charge is 2.18. The standard InChI is InChI=1S/C12H14BrNO3/c1-3-17-12(16)8(2)14-11(15)9-6-4-5-7-10(9)13/h4-8H,3H2,1-2H3,(H,14,15)/t8-/m0/s1. The van der Waals surface area contributed by atoms with E-state index in [0.29, 0.717) is 16.6 Å². The molecule has 0 spiro atoms. The van der Waals surface area contributed by atoms with Crippen LogP contribution in [0.4, 0.5) is 0 Å². The number of halogens is 1. The fourth-order valence-corrected chi connectivity index (χ4v) is 1.71. The van der Waals surface area contributed by atoms with Gasteiger partial charge in [-0.15, -0.1) is 0 Å². The molecule has 1 aromatic carbocycles. The van der Waals surface area contributed by atoms with E-state index in [1.54, 1.807) is 32.0 Å². The van der Waals surface area contributed by atoms with Crippen LogP contribution in [0.15, 0.2) is 28.7 Å². The Bertz CT molecular complexity index is 420. The van der Waals surface area contributed by atoms with Crippen LogP contribution in [-0.4, -0.2) is 24.5 Å². The lowest BCUT2D eigenvalue weighted by atomic mass is 10.2. The highest BCUT2D eigenvalue weighted by atomic mass is 79.9. The maximum atomic E-state index is 11.8. The topological polar surface area (TPSA) is 55.4 Å². The van der Waals surface area contributed by atoms with Crippen molar-refractivity contribution in [3.63, 3.8) is 0 Å². The molecular formula is C12H14BrNO3. The summed E-state index contributed by atoms with van der Waals surface area (Å²) in [6, 6.07) is 6.36. The van der Waals surface area contributed by atoms with E-state index in [0.717, 1.165) is 0 Å². The molecule has 5 heteroatoms. The van der Waals surface area contributed by atoms with Crippen molar-refractivity contribution in [1.82, 2.24) is 5.32 Å². The largest absolute Gasteiger partial charge is 0.464 e. The fraction of sp³-hybridized carbons (Fsp3) is 0.333. The van der Waals surface area contributed by atoms with Gasteiger partial charge in [-0.25, -0.2) is 4.79 Å². The van der Waals surface area contributed by atoms with Crippen LogP contribution in [0, 0.1) is 0 Å². The van der Waals surface area contributed by atoms with Gasteiger partial charge in [-0.3, -0.25) is 4.79 Å². The summed E-state index contributed by atoms with van der Waals surface area (Å²) in [5.41, 5.74) is 0.489. The van der Waals surface area contributed by atoms with Gasteiger partial charge in [0, 0.05) is 4.47 Å². The molecule has 0 saturated carbocycles. The van der Waals surface area contributed by atoms with E-state index in [-0.39, 0.29) is 5.91 Å². The minimum absolute atomic E-state index is 0.300. The Labute approximate surface area is 108 Å². The number of nitrogens with one attached hydrogen (secondary N) is 1. The zero-order valence-corrected chi connectivity index (χ0v) is 11.3. The first-order chi connectivity index (χ1) is 8.06. The average Bonchev–Trinajstić information content (AvgIpc) is 2.29. The van der Waals surface area contributed by atoms with Crippen molar-refractivity contribution in [1.29, 1.82) is 0 Å².